The molecule has 120 valence electrons. The van der Waals surface area contributed by atoms with Crippen LogP contribution in [0.5, 0.6) is 5.75 Å². The van der Waals surface area contributed by atoms with Crippen molar-refractivity contribution in [1.82, 2.24) is 25.1 Å². The minimum atomic E-state index is 0.657. The average Bonchev–Trinajstić information content (AvgIpc) is 2.91. The fraction of sp³-hybridized carbons (Fsp3) is 0.533. The maximum atomic E-state index is 5.92. The van der Waals surface area contributed by atoms with Crippen molar-refractivity contribution in [3.05, 3.63) is 35.1 Å². The van der Waals surface area contributed by atoms with Gasteiger partial charge in [-0.1, -0.05) is 24.6 Å². The van der Waals surface area contributed by atoms with Gasteiger partial charge in [-0.2, -0.15) is 0 Å². The molecular weight excluding hydrogens is 302 g/mol. The second kappa shape index (κ2) is 8.70. The number of hydrogen-bond donors (Lipinski definition) is 0. The Morgan fingerprint density at radius 1 is 1.36 bits per heavy atom. The summed E-state index contributed by atoms with van der Waals surface area (Å²) in [6.07, 6.45) is 1.95. The van der Waals surface area contributed by atoms with Crippen LogP contribution in [0.2, 0.25) is 5.02 Å². The molecule has 1 heterocycles. The SMILES string of the molecule is CCCn1nnnc1CN(C)CCCOc1cccc(Cl)c1. The van der Waals surface area contributed by atoms with Gasteiger partial charge in [0.25, 0.3) is 0 Å². The summed E-state index contributed by atoms with van der Waals surface area (Å²) in [5, 5.41) is 12.5. The van der Waals surface area contributed by atoms with E-state index in [4.69, 9.17) is 16.3 Å². The van der Waals surface area contributed by atoms with Gasteiger partial charge in [-0.15, -0.1) is 5.10 Å². The monoisotopic (exact) mass is 323 g/mol. The Hall–Kier alpha value is -1.66. The van der Waals surface area contributed by atoms with Crippen LogP contribution >= 0.6 is 11.6 Å². The molecular formula is C15H22ClN5O. The molecule has 1 aromatic heterocycles. The standard InChI is InChI=1S/C15H22ClN5O/c1-3-8-21-15(17-18-19-21)12-20(2)9-5-10-22-14-7-4-6-13(16)11-14/h4,6-7,11H,3,5,8-10,12H2,1-2H3. The van der Waals surface area contributed by atoms with Crippen LogP contribution in [0.3, 0.4) is 0 Å². The first-order chi connectivity index (χ1) is 10.7. The summed E-state index contributed by atoms with van der Waals surface area (Å²) in [5.41, 5.74) is 0. The Morgan fingerprint density at radius 2 is 2.23 bits per heavy atom. The van der Waals surface area contributed by atoms with Crippen LogP contribution in [0.1, 0.15) is 25.6 Å². The number of aryl methyl sites for hydroxylation is 1. The van der Waals surface area contributed by atoms with E-state index >= 15 is 0 Å². The third-order valence-corrected chi connectivity index (χ3v) is 3.44. The molecule has 0 bridgehead atoms. The van der Waals surface area contributed by atoms with Gasteiger partial charge >= 0.3 is 0 Å². The second-order valence-corrected chi connectivity index (χ2v) is 5.65. The Balaban J connectivity index is 1.69. The minimum Gasteiger partial charge on any atom is -0.493 e. The van der Waals surface area contributed by atoms with Crippen molar-refractivity contribution in [3.8, 4) is 5.75 Å². The molecule has 2 aromatic rings. The lowest BCUT2D eigenvalue weighted by Crippen LogP contribution is -2.23. The molecule has 0 saturated carbocycles. The maximum absolute atomic E-state index is 5.92. The molecule has 22 heavy (non-hydrogen) atoms. The minimum absolute atomic E-state index is 0.657. The Labute approximate surface area is 136 Å². The first-order valence-electron chi connectivity index (χ1n) is 7.51. The van der Waals surface area contributed by atoms with Gasteiger partial charge in [-0.05, 0) is 48.5 Å². The molecule has 0 aliphatic heterocycles. The number of ether oxygens (including phenoxy) is 1. The highest BCUT2D eigenvalue weighted by molar-refractivity contribution is 6.30. The van der Waals surface area contributed by atoms with Crippen LogP contribution in [0, 0.1) is 0 Å². The van der Waals surface area contributed by atoms with E-state index in [0.29, 0.717) is 11.6 Å². The van der Waals surface area contributed by atoms with E-state index in [2.05, 4.69) is 34.4 Å². The van der Waals surface area contributed by atoms with Crippen LogP contribution in [0.25, 0.3) is 0 Å². The van der Waals surface area contributed by atoms with Gasteiger partial charge in [0.15, 0.2) is 5.82 Å². The van der Waals surface area contributed by atoms with Crippen molar-refractivity contribution in [3.63, 3.8) is 0 Å². The van der Waals surface area contributed by atoms with E-state index in [1.165, 1.54) is 0 Å². The summed E-state index contributed by atoms with van der Waals surface area (Å²) in [5.74, 6) is 1.71. The zero-order valence-corrected chi connectivity index (χ0v) is 13.8. The molecule has 0 atom stereocenters. The molecule has 0 saturated heterocycles. The number of aromatic nitrogens is 4. The van der Waals surface area contributed by atoms with Crippen molar-refractivity contribution in [2.45, 2.75) is 32.9 Å². The lowest BCUT2D eigenvalue weighted by atomic mass is 10.3. The molecule has 0 spiro atoms. The molecule has 7 heteroatoms. The van der Waals surface area contributed by atoms with Gasteiger partial charge in [0.05, 0.1) is 13.2 Å². The number of tetrazole rings is 1. The lowest BCUT2D eigenvalue weighted by molar-refractivity contribution is 0.253. The highest BCUT2D eigenvalue weighted by Crippen LogP contribution is 2.17. The van der Waals surface area contributed by atoms with Gasteiger partial charge in [0.2, 0.25) is 0 Å². The van der Waals surface area contributed by atoms with Gasteiger partial charge in [-0.3, -0.25) is 4.90 Å². The topological polar surface area (TPSA) is 56.1 Å². The zero-order chi connectivity index (χ0) is 15.8. The van der Waals surface area contributed by atoms with Crippen molar-refractivity contribution >= 4 is 11.6 Å². The number of benzene rings is 1. The van der Waals surface area contributed by atoms with Gasteiger partial charge in [-0.25, -0.2) is 4.68 Å². The molecule has 0 radical (unpaired) electrons. The number of halogens is 1. The van der Waals surface area contributed by atoms with E-state index in [-0.39, 0.29) is 0 Å². The first kappa shape index (κ1) is 16.7. The summed E-state index contributed by atoms with van der Waals surface area (Å²) >= 11 is 5.92. The van der Waals surface area contributed by atoms with Crippen LogP contribution in [0.4, 0.5) is 0 Å². The summed E-state index contributed by atoms with van der Waals surface area (Å²) in [7, 11) is 2.06. The largest absolute Gasteiger partial charge is 0.493 e. The van der Waals surface area contributed by atoms with Crippen molar-refractivity contribution in [1.29, 1.82) is 0 Å². The molecule has 0 fully saturated rings. The predicted octanol–water partition coefficient (Wildman–Crippen LogP) is 2.64. The summed E-state index contributed by atoms with van der Waals surface area (Å²) in [4.78, 5) is 2.19. The van der Waals surface area contributed by atoms with Crippen LogP contribution in [0.15, 0.2) is 24.3 Å². The Morgan fingerprint density at radius 3 is 3.00 bits per heavy atom. The summed E-state index contributed by atoms with van der Waals surface area (Å²) in [6, 6.07) is 7.46. The summed E-state index contributed by atoms with van der Waals surface area (Å²) in [6.45, 7) is 5.28. The fourth-order valence-electron chi connectivity index (χ4n) is 2.12. The van der Waals surface area contributed by atoms with Crippen LogP contribution in [-0.4, -0.2) is 45.3 Å². The first-order valence-corrected chi connectivity index (χ1v) is 7.88. The van der Waals surface area contributed by atoms with Gasteiger partial charge in [0, 0.05) is 18.1 Å². The number of nitrogens with zero attached hydrogens (tertiary/aromatic N) is 5. The molecule has 0 N–H and O–H groups in total. The average molecular weight is 324 g/mol. The van der Waals surface area contributed by atoms with E-state index < -0.39 is 0 Å². The van der Waals surface area contributed by atoms with E-state index in [1.54, 1.807) is 0 Å². The molecule has 0 aliphatic carbocycles. The second-order valence-electron chi connectivity index (χ2n) is 5.22. The maximum Gasteiger partial charge on any atom is 0.165 e. The predicted molar refractivity (Wildman–Crippen MR) is 86.0 cm³/mol. The molecule has 0 amide bonds. The van der Waals surface area contributed by atoms with Gasteiger partial charge < -0.3 is 4.74 Å². The normalized spacial score (nSPS) is 11.1. The highest BCUT2D eigenvalue weighted by Gasteiger charge is 2.08. The van der Waals surface area contributed by atoms with Crippen molar-refractivity contribution in [2.75, 3.05) is 20.2 Å². The Kier molecular flexibility index (Phi) is 6.61. The molecule has 1 aromatic carbocycles. The molecule has 2 rings (SSSR count). The fourth-order valence-corrected chi connectivity index (χ4v) is 2.30. The number of hydrogen-bond acceptors (Lipinski definition) is 5. The third kappa shape index (κ3) is 5.27. The van der Waals surface area contributed by atoms with Crippen LogP contribution in [-0.2, 0) is 13.1 Å². The summed E-state index contributed by atoms with van der Waals surface area (Å²) < 4.78 is 7.54. The molecule has 0 unspecified atom stereocenters. The lowest BCUT2D eigenvalue weighted by Gasteiger charge is -2.16. The van der Waals surface area contributed by atoms with Crippen LogP contribution < -0.4 is 4.74 Å². The number of rotatable bonds is 9. The smallest absolute Gasteiger partial charge is 0.165 e. The van der Waals surface area contributed by atoms with E-state index in [9.17, 15) is 0 Å². The van der Waals surface area contributed by atoms with Crippen molar-refractivity contribution in [2.24, 2.45) is 0 Å². The molecule has 0 aliphatic rings. The Bertz CT molecular complexity index is 575. The van der Waals surface area contributed by atoms with Gasteiger partial charge in [0.1, 0.15) is 5.75 Å². The molecule has 6 nitrogen and oxygen atoms in total. The van der Waals surface area contributed by atoms with E-state index in [0.717, 1.165) is 44.0 Å². The highest BCUT2D eigenvalue weighted by atomic mass is 35.5. The van der Waals surface area contributed by atoms with Crippen molar-refractivity contribution < 1.29 is 4.74 Å². The van der Waals surface area contributed by atoms with E-state index in [1.807, 2.05) is 28.9 Å². The zero-order valence-electron chi connectivity index (χ0n) is 13.1. The third-order valence-electron chi connectivity index (χ3n) is 3.20. The quantitative estimate of drug-likeness (QED) is 0.664.